The maximum Gasteiger partial charge on any atom is 0.385 e. The van der Waals surface area contributed by atoms with Gasteiger partial charge < -0.3 is 4.74 Å². The van der Waals surface area contributed by atoms with Gasteiger partial charge in [-0.2, -0.15) is 39.5 Å². The second-order valence-corrected chi connectivity index (χ2v) is 5.08. The number of esters is 1. The molecule has 27 heavy (non-hydrogen) atoms. The largest absolute Gasteiger partial charge is 0.421 e. The summed E-state index contributed by atoms with van der Waals surface area (Å²) in [6.45, 7) is 3.37. The highest BCUT2D eigenvalue weighted by Crippen LogP contribution is 2.56. The molecular weight excluding hydrogens is 423 g/mol. The third-order valence-electron chi connectivity index (χ3n) is 2.94. The lowest BCUT2D eigenvalue weighted by Gasteiger charge is -2.38. The zero-order chi connectivity index (χ0) is 22.2. The molecule has 0 heterocycles. The van der Waals surface area contributed by atoms with E-state index in [-0.39, 0.29) is 0 Å². The first kappa shape index (κ1) is 25.3. The Morgan fingerprint density at radius 1 is 0.815 bits per heavy atom. The number of alkyl halides is 13. The predicted molar refractivity (Wildman–Crippen MR) is 61.4 cm³/mol. The molecule has 0 aliphatic rings. The molecule has 0 saturated carbocycles. The van der Waals surface area contributed by atoms with Gasteiger partial charge in [0.1, 0.15) is 0 Å². The molecule has 0 spiro atoms. The molecule has 0 aromatic heterocycles. The van der Waals surface area contributed by atoms with Gasteiger partial charge in [-0.15, -0.1) is 0 Å². The van der Waals surface area contributed by atoms with Crippen molar-refractivity contribution in [2.75, 3.05) is 0 Å². The van der Waals surface area contributed by atoms with Crippen molar-refractivity contribution in [2.24, 2.45) is 0 Å². The van der Waals surface area contributed by atoms with Crippen LogP contribution >= 0.6 is 0 Å². The third-order valence-corrected chi connectivity index (χ3v) is 2.94. The minimum absolute atomic E-state index is 0.674. The Morgan fingerprint density at radius 2 is 1.19 bits per heavy atom. The van der Waals surface area contributed by atoms with Gasteiger partial charge in [-0.25, -0.2) is 22.4 Å². The zero-order valence-corrected chi connectivity index (χ0v) is 12.7. The maximum absolute atomic E-state index is 13.3. The quantitative estimate of drug-likeness (QED) is 0.295. The summed E-state index contributed by atoms with van der Waals surface area (Å²) in [6.07, 6.45) is -19.8. The molecular formula is C12H9F13O2. The lowest BCUT2D eigenvalue weighted by molar-refractivity contribution is -0.399. The van der Waals surface area contributed by atoms with Gasteiger partial charge in [-0.3, -0.25) is 0 Å². The smallest absolute Gasteiger partial charge is 0.385 e. The maximum atomic E-state index is 13.3. The number of carbonyl (C=O) groups is 1. The molecule has 0 radical (unpaired) electrons. The van der Waals surface area contributed by atoms with Crippen molar-refractivity contribution in [3.05, 3.63) is 12.2 Å². The lowest BCUT2D eigenvalue weighted by atomic mass is 9.93. The van der Waals surface area contributed by atoms with Crippen molar-refractivity contribution in [1.29, 1.82) is 0 Å². The number of ether oxygens (including phenoxy) is 1. The second kappa shape index (κ2) is 7.73. The summed E-state index contributed by atoms with van der Waals surface area (Å²) in [5.41, 5.74) is -0.894. The molecule has 15 heteroatoms. The van der Waals surface area contributed by atoms with E-state index in [1.807, 2.05) is 0 Å². The van der Waals surface area contributed by atoms with Gasteiger partial charge in [0.2, 0.25) is 6.17 Å². The minimum atomic E-state index is -7.60. The van der Waals surface area contributed by atoms with Crippen LogP contribution in [-0.2, 0) is 9.53 Å². The summed E-state index contributed by atoms with van der Waals surface area (Å²) in [4.78, 5) is 10.8. The molecule has 0 aromatic rings. The number of hydrogen-bond acceptors (Lipinski definition) is 2. The molecule has 0 aliphatic heterocycles. The average Bonchev–Trinajstić information content (AvgIpc) is 2.51. The molecule has 0 fully saturated rings. The van der Waals surface area contributed by atoms with E-state index in [1.165, 1.54) is 0 Å². The van der Waals surface area contributed by atoms with Crippen LogP contribution in [0.4, 0.5) is 57.1 Å². The Balaban J connectivity index is 5.99. The van der Waals surface area contributed by atoms with E-state index in [0.29, 0.717) is 6.92 Å². The van der Waals surface area contributed by atoms with Crippen LogP contribution in [0.1, 0.15) is 6.92 Å². The van der Waals surface area contributed by atoms with Gasteiger partial charge in [0.15, 0.2) is 6.17 Å². The topological polar surface area (TPSA) is 26.3 Å². The highest BCUT2D eigenvalue weighted by Gasteiger charge is 2.85. The third kappa shape index (κ3) is 4.25. The first-order chi connectivity index (χ1) is 11.8. The van der Waals surface area contributed by atoms with E-state index in [1.54, 1.807) is 0 Å². The highest BCUT2D eigenvalue weighted by atomic mass is 19.4. The number of halogens is 13. The predicted octanol–water partition coefficient (Wildman–Crippen LogP) is 4.88. The SMILES string of the molecule is C=C(C)C(=O)OC(F)C(F)(F)C(F)(F)C(F)(F)C(F)(F)C(F)C(F)C(F)F. The van der Waals surface area contributed by atoms with Crippen molar-refractivity contribution in [3.63, 3.8) is 0 Å². The first-order valence-electron chi connectivity index (χ1n) is 6.34. The standard InChI is InChI=1S/C12H9F13O2/c1-3(2)7(26)27-8(17)10(20,21)12(24,25)11(22,23)9(18,19)5(14)4(13)6(15)16/h4-6,8H,1H2,2H3. The molecule has 0 aromatic carbocycles. The monoisotopic (exact) mass is 432 g/mol. The van der Waals surface area contributed by atoms with Crippen LogP contribution in [0.5, 0.6) is 0 Å². The molecule has 2 nitrogen and oxygen atoms in total. The Morgan fingerprint density at radius 3 is 1.52 bits per heavy atom. The Labute approximate surface area is 141 Å². The van der Waals surface area contributed by atoms with E-state index in [4.69, 9.17) is 0 Å². The summed E-state index contributed by atoms with van der Waals surface area (Å²) in [7, 11) is 0. The van der Waals surface area contributed by atoms with Crippen LogP contribution in [0.3, 0.4) is 0 Å². The van der Waals surface area contributed by atoms with E-state index in [0.717, 1.165) is 0 Å². The molecule has 0 amide bonds. The van der Waals surface area contributed by atoms with Crippen LogP contribution in [0, 0.1) is 0 Å². The molecule has 3 unspecified atom stereocenters. The van der Waals surface area contributed by atoms with Gasteiger partial charge in [0.25, 0.3) is 6.43 Å². The fraction of sp³-hybridized carbons (Fsp3) is 0.750. The fourth-order valence-corrected chi connectivity index (χ4v) is 1.33. The minimum Gasteiger partial charge on any atom is -0.421 e. The van der Waals surface area contributed by atoms with Crippen molar-refractivity contribution in [1.82, 2.24) is 0 Å². The Kier molecular flexibility index (Phi) is 7.25. The average molecular weight is 432 g/mol. The highest BCUT2D eigenvalue weighted by molar-refractivity contribution is 5.87. The van der Waals surface area contributed by atoms with E-state index in [9.17, 15) is 61.9 Å². The van der Waals surface area contributed by atoms with Crippen molar-refractivity contribution in [3.8, 4) is 0 Å². The molecule has 3 atom stereocenters. The van der Waals surface area contributed by atoms with Gasteiger partial charge in [0.05, 0.1) is 0 Å². The van der Waals surface area contributed by atoms with Crippen LogP contribution < -0.4 is 0 Å². The summed E-state index contributed by atoms with van der Waals surface area (Å²) in [5, 5.41) is 0. The van der Waals surface area contributed by atoms with Crippen LogP contribution in [-0.4, -0.2) is 54.8 Å². The van der Waals surface area contributed by atoms with Crippen molar-refractivity contribution >= 4 is 5.97 Å². The van der Waals surface area contributed by atoms with Gasteiger partial charge in [0, 0.05) is 5.57 Å². The van der Waals surface area contributed by atoms with Gasteiger partial charge in [-0.05, 0) is 6.92 Å². The molecule has 0 N–H and O–H groups in total. The van der Waals surface area contributed by atoms with E-state index < -0.39 is 60.4 Å². The van der Waals surface area contributed by atoms with Gasteiger partial charge in [-0.1, -0.05) is 6.58 Å². The summed E-state index contributed by atoms with van der Waals surface area (Å²) in [6, 6.07) is 0. The number of hydrogen-bond donors (Lipinski definition) is 0. The number of carbonyl (C=O) groups excluding carboxylic acids is 1. The molecule has 0 aliphatic carbocycles. The molecule has 0 rings (SSSR count). The first-order valence-corrected chi connectivity index (χ1v) is 6.34. The Bertz CT molecular complexity index is 559. The van der Waals surface area contributed by atoms with Crippen LogP contribution in [0.15, 0.2) is 12.2 Å². The normalized spacial score (nSPS) is 17.4. The molecule has 0 bridgehead atoms. The fourth-order valence-electron chi connectivity index (χ4n) is 1.33. The van der Waals surface area contributed by atoms with Crippen LogP contribution in [0.25, 0.3) is 0 Å². The second-order valence-electron chi connectivity index (χ2n) is 5.08. The van der Waals surface area contributed by atoms with Crippen molar-refractivity contribution in [2.45, 2.75) is 55.7 Å². The lowest BCUT2D eigenvalue weighted by Crippen LogP contribution is -2.68. The van der Waals surface area contributed by atoms with Gasteiger partial charge >= 0.3 is 36.0 Å². The van der Waals surface area contributed by atoms with Crippen molar-refractivity contribution < 1.29 is 66.6 Å². The molecule has 0 saturated heterocycles. The van der Waals surface area contributed by atoms with E-state index in [2.05, 4.69) is 11.3 Å². The summed E-state index contributed by atoms with van der Waals surface area (Å²) in [5.74, 6) is -31.3. The van der Waals surface area contributed by atoms with Crippen LogP contribution in [0.2, 0.25) is 0 Å². The Hall–Kier alpha value is -1.70. The zero-order valence-electron chi connectivity index (χ0n) is 12.7. The summed E-state index contributed by atoms with van der Waals surface area (Å²) < 4.78 is 171. The number of rotatable bonds is 9. The molecule has 160 valence electrons. The summed E-state index contributed by atoms with van der Waals surface area (Å²) >= 11 is 0. The van der Waals surface area contributed by atoms with E-state index >= 15 is 0 Å².